The van der Waals surface area contributed by atoms with Crippen molar-refractivity contribution in [3.05, 3.63) is 82.9 Å². The van der Waals surface area contributed by atoms with Crippen LogP contribution in [0.4, 0.5) is 26.0 Å². The number of aromatic nitrogens is 2. The Morgan fingerprint density at radius 2 is 1.80 bits per heavy atom. The summed E-state index contributed by atoms with van der Waals surface area (Å²) < 4.78 is 119. The van der Waals surface area contributed by atoms with E-state index in [1.54, 1.807) is 0 Å². The Morgan fingerprint density at radius 1 is 1.05 bits per heavy atom. The zero-order chi connectivity index (χ0) is 37.3. The summed E-state index contributed by atoms with van der Waals surface area (Å²) in [5.74, 6) is -2.62. The Morgan fingerprint density at radius 3 is 2.56 bits per heavy atom. The number of carbonyl (C=O) groups excluding carboxylic acids is 1. The largest absolute Gasteiger partial charge is 0.381 e. The van der Waals surface area contributed by atoms with Gasteiger partial charge in [0.1, 0.15) is 11.6 Å². The number of H-pyrrole nitrogens is 1. The van der Waals surface area contributed by atoms with Crippen molar-refractivity contribution in [1.29, 1.82) is 0 Å². The molecule has 0 radical (unpaired) electrons. The third-order valence-electron chi connectivity index (χ3n) is 6.69. The standard InChI is InChI=1S/C31H34F2N6O2/c1-38-8-10-39(11-9-38)25-3-4-26(29(19-25)34-24-6-12-41-13-7-24)31(40)35-30-27-17-20(2-5-28(27)36-37-30)14-21-15-22(32)18-23(33)16-21/h2-5,15-19,24,34H,6-14H2,1H3,(H2,35,36,37,40)/i8D2,9D2,10D2,11D2,14D2. The highest BCUT2D eigenvalue weighted by Gasteiger charge is 2.22. The van der Waals surface area contributed by atoms with Gasteiger partial charge in [-0.1, -0.05) is 6.07 Å². The first-order chi connectivity index (χ1) is 23.7. The van der Waals surface area contributed by atoms with Crippen LogP contribution in [-0.2, 0) is 11.1 Å². The van der Waals surface area contributed by atoms with Crippen LogP contribution in [0.15, 0.2) is 54.6 Å². The molecule has 0 atom stereocenters. The second-order valence-electron chi connectivity index (χ2n) is 9.67. The number of piperazine rings is 1. The highest BCUT2D eigenvalue weighted by molar-refractivity contribution is 6.11. The predicted molar refractivity (Wildman–Crippen MR) is 157 cm³/mol. The highest BCUT2D eigenvalue weighted by atomic mass is 19.1. The topological polar surface area (TPSA) is 85.5 Å². The van der Waals surface area contributed by atoms with Crippen molar-refractivity contribution in [2.75, 3.05) is 61.8 Å². The van der Waals surface area contributed by atoms with E-state index in [4.69, 9.17) is 18.4 Å². The number of ether oxygens (including phenoxy) is 1. The van der Waals surface area contributed by atoms with Crippen LogP contribution >= 0.6 is 0 Å². The number of anilines is 3. The van der Waals surface area contributed by atoms with Gasteiger partial charge in [0.25, 0.3) is 5.91 Å². The lowest BCUT2D eigenvalue weighted by Crippen LogP contribution is -2.44. The van der Waals surface area contributed by atoms with E-state index >= 15 is 0 Å². The van der Waals surface area contributed by atoms with Crippen molar-refractivity contribution in [2.45, 2.75) is 25.3 Å². The number of likely N-dealkylation sites (N-methyl/N-ethyl adjacent to an activating group) is 1. The fourth-order valence-corrected chi connectivity index (χ4v) is 4.64. The number of rotatable bonds is 7. The molecule has 6 rings (SSSR count). The van der Waals surface area contributed by atoms with E-state index in [1.165, 1.54) is 36.4 Å². The number of hydrogen-bond acceptors (Lipinski definition) is 6. The van der Waals surface area contributed by atoms with Gasteiger partial charge in [-0.05, 0) is 79.9 Å². The van der Waals surface area contributed by atoms with Gasteiger partial charge in [-0.15, -0.1) is 0 Å². The van der Waals surface area contributed by atoms with Gasteiger partial charge in [-0.2, -0.15) is 5.10 Å². The molecule has 8 nitrogen and oxygen atoms in total. The third kappa shape index (κ3) is 6.34. The van der Waals surface area contributed by atoms with Gasteiger partial charge >= 0.3 is 0 Å². The monoisotopic (exact) mass is 570 g/mol. The van der Waals surface area contributed by atoms with E-state index in [0.29, 0.717) is 47.4 Å². The predicted octanol–water partition coefficient (Wildman–Crippen LogP) is 5.03. The molecule has 0 bridgehead atoms. The van der Waals surface area contributed by atoms with Gasteiger partial charge < -0.3 is 25.2 Å². The SMILES string of the molecule is [2H]C([2H])(c1cc(F)cc(F)c1)c1ccc2[nH]nc(NC(=O)c3ccc(N4C([2H])([2H])C([2H])([2H])N(C)C([2H])([2H])C4([2H])[2H])cc3NC3CCOCC3)c2c1. The number of hydrogen-bond donors (Lipinski definition) is 3. The summed E-state index contributed by atoms with van der Waals surface area (Å²) in [6.07, 6.45) is -1.26. The minimum atomic E-state index is -3.09. The van der Waals surface area contributed by atoms with Crippen LogP contribution in [0.2, 0.25) is 0 Å². The van der Waals surface area contributed by atoms with Crippen molar-refractivity contribution in [3.63, 3.8) is 0 Å². The van der Waals surface area contributed by atoms with E-state index in [9.17, 15) is 13.6 Å². The van der Waals surface area contributed by atoms with Gasteiger partial charge in [-0.3, -0.25) is 9.89 Å². The van der Waals surface area contributed by atoms with E-state index in [-0.39, 0.29) is 45.3 Å². The third-order valence-corrected chi connectivity index (χ3v) is 6.69. The minimum absolute atomic E-state index is 0.00406. The molecule has 0 saturated carbocycles. The fourth-order valence-electron chi connectivity index (χ4n) is 4.64. The molecule has 1 amide bonds. The molecule has 2 aliphatic rings. The summed E-state index contributed by atoms with van der Waals surface area (Å²) in [4.78, 5) is 14.7. The van der Waals surface area contributed by atoms with Crippen molar-refractivity contribution >= 4 is 34.0 Å². The van der Waals surface area contributed by atoms with Gasteiger partial charge in [0, 0.05) is 76.3 Å². The van der Waals surface area contributed by atoms with E-state index in [0.717, 1.165) is 19.2 Å². The molecule has 3 aromatic carbocycles. The summed E-state index contributed by atoms with van der Waals surface area (Å²) in [5, 5.41) is 13.1. The molecule has 2 fully saturated rings. The van der Waals surface area contributed by atoms with E-state index < -0.39 is 49.9 Å². The lowest BCUT2D eigenvalue weighted by atomic mass is 10.0. The zero-order valence-electron chi connectivity index (χ0n) is 32.0. The van der Waals surface area contributed by atoms with Crippen molar-refractivity contribution < 1.29 is 32.0 Å². The van der Waals surface area contributed by atoms with Crippen LogP contribution < -0.4 is 15.5 Å². The van der Waals surface area contributed by atoms with Crippen LogP contribution in [0.3, 0.4) is 0 Å². The van der Waals surface area contributed by atoms with Crippen LogP contribution in [0, 0.1) is 11.6 Å². The van der Waals surface area contributed by atoms with Crippen molar-refractivity contribution in [2.24, 2.45) is 0 Å². The Hall–Kier alpha value is -4.02. The summed E-state index contributed by atoms with van der Waals surface area (Å²) in [5.41, 5.74) is 0.0705. The molecule has 0 unspecified atom stereocenters. The second-order valence-corrected chi connectivity index (χ2v) is 9.67. The van der Waals surface area contributed by atoms with Crippen molar-refractivity contribution in [3.8, 4) is 0 Å². The normalized spacial score (nSPS) is 25.6. The molecule has 3 heterocycles. The molecule has 1 aromatic heterocycles. The number of nitrogens with one attached hydrogen (secondary N) is 3. The molecule has 4 aromatic rings. The number of benzene rings is 3. The van der Waals surface area contributed by atoms with Crippen molar-refractivity contribution in [1.82, 2.24) is 15.1 Å². The molecule has 2 saturated heterocycles. The Kier molecular flexibility index (Phi) is 5.12. The van der Waals surface area contributed by atoms with E-state index in [1.807, 2.05) is 0 Å². The first kappa shape index (κ1) is 17.7. The van der Waals surface area contributed by atoms with Crippen LogP contribution in [-0.4, -0.2) is 73.3 Å². The number of halogens is 2. The molecule has 3 N–H and O–H groups in total. The smallest absolute Gasteiger partial charge is 0.258 e. The minimum Gasteiger partial charge on any atom is -0.381 e. The zero-order valence-corrected chi connectivity index (χ0v) is 22.0. The van der Waals surface area contributed by atoms with Gasteiger partial charge in [0.05, 0.1) is 16.6 Å². The highest BCUT2D eigenvalue weighted by Crippen LogP contribution is 2.29. The first-order valence-corrected chi connectivity index (χ1v) is 13.0. The summed E-state index contributed by atoms with van der Waals surface area (Å²) in [6, 6.07) is 10.3. The Bertz CT molecular complexity index is 1940. The molecular formula is C31H34F2N6O2. The molecule has 214 valence electrons. The van der Waals surface area contributed by atoms with Gasteiger partial charge in [-0.25, -0.2) is 8.78 Å². The van der Waals surface area contributed by atoms with E-state index in [2.05, 4.69) is 20.8 Å². The molecular weight excluding hydrogens is 526 g/mol. The van der Waals surface area contributed by atoms with Gasteiger partial charge in [0.15, 0.2) is 5.82 Å². The van der Waals surface area contributed by atoms with Crippen LogP contribution in [0.1, 0.15) is 48.0 Å². The fraction of sp³-hybridized carbons (Fsp3) is 0.355. The van der Waals surface area contributed by atoms with Crippen LogP contribution in [0.25, 0.3) is 10.9 Å². The maximum Gasteiger partial charge on any atom is 0.258 e. The number of carbonyl (C=O) groups is 1. The maximum absolute atomic E-state index is 14.0. The average Bonchev–Trinajstić information content (AvgIpc) is 3.45. The second kappa shape index (κ2) is 11.8. The molecule has 0 spiro atoms. The summed E-state index contributed by atoms with van der Waals surface area (Å²) in [7, 11) is 0.968. The number of fused-ring (bicyclic) bond motifs is 1. The summed E-state index contributed by atoms with van der Waals surface area (Å²) in [6.45, 7) is -11.3. The molecule has 0 aliphatic carbocycles. The number of amides is 1. The molecule has 2 aliphatic heterocycles. The lowest BCUT2D eigenvalue weighted by Gasteiger charge is -2.34. The lowest BCUT2D eigenvalue weighted by molar-refractivity contribution is 0.0904. The maximum atomic E-state index is 14.0. The first-order valence-electron chi connectivity index (χ1n) is 18.0. The van der Waals surface area contributed by atoms with Gasteiger partial charge in [0.2, 0.25) is 0 Å². The summed E-state index contributed by atoms with van der Waals surface area (Å²) >= 11 is 0. The molecule has 10 heteroatoms. The quantitative estimate of drug-likeness (QED) is 0.289. The Balaban J connectivity index is 1.39. The number of nitrogens with zero attached hydrogens (tertiary/aromatic N) is 3. The molecule has 41 heavy (non-hydrogen) atoms. The Labute approximate surface area is 251 Å². The van der Waals surface area contributed by atoms with Crippen LogP contribution in [0.5, 0.6) is 0 Å². The number of aromatic amines is 1. The average molecular weight is 571 g/mol.